The van der Waals surface area contributed by atoms with Gasteiger partial charge in [0.15, 0.2) is 0 Å². The molecule has 14 heavy (non-hydrogen) atoms. The summed E-state index contributed by atoms with van der Waals surface area (Å²) in [6, 6.07) is 6.86. The average Bonchev–Trinajstić information content (AvgIpc) is 2.17. The minimum atomic E-state index is 0.243. The van der Waals surface area contributed by atoms with Gasteiger partial charge in [0.2, 0.25) is 0 Å². The third kappa shape index (κ3) is 2.14. The second-order valence-corrected chi connectivity index (χ2v) is 4.09. The smallest absolute Gasteiger partial charge is 0.0719 e. The van der Waals surface area contributed by atoms with Crippen LogP contribution in [0.25, 0.3) is 0 Å². The first-order valence-electron chi connectivity index (χ1n) is 5.19. The summed E-state index contributed by atoms with van der Waals surface area (Å²) in [5.41, 5.74) is 9.90. The first-order valence-corrected chi connectivity index (χ1v) is 5.19. The third-order valence-corrected chi connectivity index (χ3v) is 2.60. The van der Waals surface area contributed by atoms with Crippen molar-refractivity contribution in [2.24, 2.45) is 5.73 Å². The normalized spacial score (nSPS) is 17.6. The number of nitrogens with two attached hydrogens (primary N) is 1. The van der Waals surface area contributed by atoms with Crippen LogP contribution < -0.4 is 5.73 Å². The zero-order chi connectivity index (χ0) is 9.97. The fourth-order valence-electron chi connectivity index (χ4n) is 1.92. The summed E-state index contributed by atoms with van der Waals surface area (Å²) in [6.07, 6.45) is 2.01. The molecule has 1 aromatic carbocycles. The van der Waals surface area contributed by atoms with Gasteiger partial charge in [-0.3, -0.25) is 0 Å². The van der Waals surface area contributed by atoms with E-state index in [1.807, 2.05) is 6.92 Å². The van der Waals surface area contributed by atoms with Crippen molar-refractivity contribution in [1.82, 2.24) is 0 Å². The molecule has 76 valence electrons. The predicted octanol–water partition coefficient (Wildman–Crippen LogP) is 1.65. The van der Waals surface area contributed by atoms with E-state index >= 15 is 0 Å². The molecule has 1 heterocycles. The maximum absolute atomic E-state index is 5.78. The van der Waals surface area contributed by atoms with E-state index in [0.717, 1.165) is 26.1 Å². The van der Waals surface area contributed by atoms with Gasteiger partial charge in [-0.25, -0.2) is 0 Å². The van der Waals surface area contributed by atoms with Crippen LogP contribution in [0.4, 0.5) is 0 Å². The molecular weight excluding hydrogens is 174 g/mol. The zero-order valence-electron chi connectivity index (χ0n) is 8.62. The SMILES string of the molecule is C[C@H](N)Cc1ccc2c(c1)CCOC2. The Morgan fingerprint density at radius 3 is 3.07 bits per heavy atom. The molecule has 2 heteroatoms. The second kappa shape index (κ2) is 4.11. The Hall–Kier alpha value is -0.860. The summed E-state index contributed by atoms with van der Waals surface area (Å²) >= 11 is 0. The lowest BCUT2D eigenvalue weighted by atomic mass is 9.98. The molecule has 0 bridgehead atoms. The van der Waals surface area contributed by atoms with E-state index in [4.69, 9.17) is 10.5 Å². The van der Waals surface area contributed by atoms with Gasteiger partial charge in [0.25, 0.3) is 0 Å². The van der Waals surface area contributed by atoms with Crippen LogP contribution in [0.15, 0.2) is 18.2 Å². The van der Waals surface area contributed by atoms with E-state index in [1.54, 1.807) is 0 Å². The summed E-state index contributed by atoms with van der Waals surface area (Å²) in [7, 11) is 0. The van der Waals surface area contributed by atoms with Gasteiger partial charge in [-0.05, 0) is 36.5 Å². The van der Waals surface area contributed by atoms with Gasteiger partial charge in [0.1, 0.15) is 0 Å². The molecule has 0 radical (unpaired) electrons. The molecule has 0 aromatic heterocycles. The highest BCUT2D eigenvalue weighted by Gasteiger charge is 2.09. The molecule has 1 aliphatic heterocycles. The van der Waals surface area contributed by atoms with Gasteiger partial charge < -0.3 is 10.5 Å². The minimum absolute atomic E-state index is 0.243. The maximum Gasteiger partial charge on any atom is 0.0719 e. The van der Waals surface area contributed by atoms with Crippen LogP contribution in [0.1, 0.15) is 23.6 Å². The summed E-state index contributed by atoms with van der Waals surface area (Å²) in [5.74, 6) is 0. The van der Waals surface area contributed by atoms with Gasteiger partial charge in [-0.15, -0.1) is 0 Å². The van der Waals surface area contributed by atoms with Crippen molar-refractivity contribution in [1.29, 1.82) is 0 Å². The van der Waals surface area contributed by atoms with Crippen molar-refractivity contribution in [3.05, 3.63) is 34.9 Å². The first kappa shape index (κ1) is 9.69. The molecule has 0 saturated carbocycles. The molecular formula is C12H17NO. The lowest BCUT2D eigenvalue weighted by molar-refractivity contribution is 0.110. The molecule has 0 spiro atoms. The Morgan fingerprint density at radius 2 is 2.29 bits per heavy atom. The van der Waals surface area contributed by atoms with Crippen LogP contribution in [0.2, 0.25) is 0 Å². The fourth-order valence-corrected chi connectivity index (χ4v) is 1.92. The minimum Gasteiger partial charge on any atom is -0.376 e. The van der Waals surface area contributed by atoms with Crippen LogP contribution in [-0.2, 0) is 24.2 Å². The number of hydrogen-bond acceptors (Lipinski definition) is 2. The first-order chi connectivity index (χ1) is 6.75. The molecule has 1 aromatic rings. The summed E-state index contributed by atoms with van der Waals surface area (Å²) in [4.78, 5) is 0. The van der Waals surface area contributed by atoms with E-state index in [0.29, 0.717) is 0 Å². The molecule has 2 rings (SSSR count). The van der Waals surface area contributed by atoms with Crippen LogP contribution in [0.3, 0.4) is 0 Å². The number of rotatable bonds is 2. The zero-order valence-corrected chi connectivity index (χ0v) is 8.62. The predicted molar refractivity (Wildman–Crippen MR) is 57.2 cm³/mol. The lowest BCUT2D eigenvalue weighted by Crippen LogP contribution is -2.18. The molecule has 2 nitrogen and oxygen atoms in total. The van der Waals surface area contributed by atoms with Crippen LogP contribution in [0, 0.1) is 0 Å². The van der Waals surface area contributed by atoms with E-state index in [2.05, 4.69) is 18.2 Å². The van der Waals surface area contributed by atoms with E-state index < -0.39 is 0 Å². The van der Waals surface area contributed by atoms with Crippen molar-refractivity contribution in [2.75, 3.05) is 6.61 Å². The Kier molecular flexibility index (Phi) is 2.85. The highest BCUT2D eigenvalue weighted by Crippen LogP contribution is 2.18. The summed E-state index contributed by atoms with van der Waals surface area (Å²) in [5, 5.41) is 0. The summed E-state index contributed by atoms with van der Waals surface area (Å²) < 4.78 is 5.39. The second-order valence-electron chi connectivity index (χ2n) is 4.09. The molecule has 0 amide bonds. The van der Waals surface area contributed by atoms with E-state index in [-0.39, 0.29) is 6.04 Å². The monoisotopic (exact) mass is 191 g/mol. The Morgan fingerprint density at radius 1 is 1.43 bits per heavy atom. The third-order valence-electron chi connectivity index (χ3n) is 2.60. The Labute approximate surface area is 85.1 Å². The molecule has 0 saturated heterocycles. The number of hydrogen-bond donors (Lipinski definition) is 1. The van der Waals surface area contributed by atoms with E-state index in [9.17, 15) is 0 Å². The van der Waals surface area contributed by atoms with E-state index in [1.165, 1.54) is 16.7 Å². The topological polar surface area (TPSA) is 35.2 Å². The standard InChI is InChI=1S/C12H17NO/c1-9(13)6-10-2-3-12-8-14-5-4-11(12)7-10/h2-3,7,9H,4-6,8,13H2,1H3/t9-/m0/s1. The quantitative estimate of drug-likeness (QED) is 0.771. The molecule has 0 aliphatic carbocycles. The largest absolute Gasteiger partial charge is 0.376 e. The van der Waals surface area contributed by atoms with Crippen LogP contribution in [-0.4, -0.2) is 12.6 Å². The molecule has 1 atom stereocenters. The van der Waals surface area contributed by atoms with Gasteiger partial charge in [0, 0.05) is 6.04 Å². The summed E-state index contributed by atoms with van der Waals surface area (Å²) in [6.45, 7) is 3.67. The van der Waals surface area contributed by atoms with Crippen LogP contribution >= 0.6 is 0 Å². The van der Waals surface area contributed by atoms with Crippen LogP contribution in [0.5, 0.6) is 0 Å². The van der Waals surface area contributed by atoms with Gasteiger partial charge in [0.05, 0.1) is 13.2 Å². The highest BCUT2D eigenvalue weighted by molar-refractivity contribution is 5.33. The maximum atomic E-state index is 5.78. The molecule has 0 fully saturated rings. The van der Waals surface area contributed by atoms with Crippen molar-refractivity contribution in [2.45, 2.75) is 32.4 Å². The Bertz CT molecular complexity index is 320. The fraction of sp³-hybridized carbons (Fsp3) is 0.500. The highest BCUT2D eigenvalue weighted by atomic mass is 16.5. The number of benzene rings is 1. The van der Waals surface area contributed by atoms with Crippen molar-refractivity contribution >= 4 is 0 Å². The van der Waals surface area contributed by atoms with Gasteiger partial charge in [-0.2, -0.15) is 0 Å². The number of fused-ring (bicyclic) bond motifs is 1. The molecule has 0 unspecified atom stereocenters. The van der Waals surface area contributed by atoms with Crippen molar-refractivity contribution < 1.29 is 4.74 Å². The van der Waals surface area contributed by atoms with Crippen molar-refractivity contribution in [3.8, 4) is 0 Å². The Balaban J connectivity index is 2.20. The van der Waals surface area contributed by atoms with Crippen molar-refractivity contribution in [3.63, 3.8) is 0 Å². The molecule has 2 N–H and O–H groups in total. The molecule has 1 aliphatic rings. The van der Waals surface area contributed by atoms with Gasteiger partial charge in [-0.1, -0.05) is 18.2 Å². The van der Waals surface area contributed by atoms with Gasteiger partial charge >= 0.3 is 0 Å². The number of ether oxygens (including phenoxy) is 1. The average molecular weight is 191 g/mol. The lowest BCUT2D eigenvalue weighted by Gasteiger charge is -2.17.